The number of aromatic amines is 1. The number of aliphatic hydroxyl groups excluding tert-OH is 2. The fourth-order valence-corrected chi connectivity index (χ4v) is 2.71. The minimum absolute atomic E-state index is 0.152. The number of imidazole rings is 1. The molecule has 3 rings (SSSR count). The third-order valence-electron chi connectivity index (χ3n) is 3.01. The summed E-state index contributed by atoms with van der Waals surface area (Å²) >= 11 is 5.60. The van der Waals surface area contributed by atoms with Crippen LogP contribution in [0, 0.1) is 0 Å². The van der Waals surface area contributed by atoms with E-state index in [1.54, 1.807) is 0 Å². The summed E-state index contributed by atoms with van der Waals surface area (Å²) in [6.07, 6.45) is 1.05. The third-order valence-corrected chi connectivity index (χ3v) is 4.36. The SMILES string of the molecule is COP(Cl)O[C@H]1[C@@H](O)CO[C@@H]1CO.Nc1ncnc2nc[nH]c12. The van der Waals surface area contributed by atoms with Crippen molar-refractivity contribution >= 4 is 36.0 Å². The second-order valence-electron chi connectivity index (χ2n) is 4.45. The van der Waals surface area contributed by atoms with Gasteiger partial charge in [0.2, 0.25) is 0 Å². The highest BCUT2D eigenvalue weighted by molar-refractivity contribution is 7.76. The maximum Gasteiger partial charge on any atom is 0.276 e. The molecule has 0 bridgehead atoms. The fourth-order valence-electron chi connectivity index (χ4n) is 1.88. The Morgan fingerprint density at radius 1 is 1.52 bits per heavy atom. The monoisotopic (exact) mass is 365 g/mol. The average Bonchev–Trinajstić information content (AvgIpc) is 3.16. The fraction of sp³-hybridized carbons (Fsp3) is 0.545. The van der Waals surface area contributed by atoms with Gasteiger partial charge in [0.25, 0.3) is 7.73 Å². The molecule has 1 saturated heterocycles. The maximum atomic E-state index is 9.37. The lowest BCUT2D eigenvalue weighted by atomic mass is 10.2. The van der Waals surface area contributed by atoms with Gasteiger partial charge in [-0.05, 0) is 11.2 Å². The number of H-pyrrole nitrogens is 1. The van der Waals surface area contributed by atoms with Crippen LogP contribution in [0.2, 0.25) is 0 Å². The van der Waals surface area contributed by atoms with E-state index in [9.17, 15) is 5.11 Å². The highest BCUT2D eigenvalue weighted by atomic mass is 35.7. The third kappa shape index (κ3) is 4.67. The van der Waals surface area contributed by atoms with E-state index < -0.39 is 26.0 Å². The predicted molar refractivity (Wildman–Crippen MR) is 83.6 cm³/mol. The van der Waals surface area contributed by atoms with Crippen molar-refractivity contribution < 1.29 is 24.0 Å². The summed E-state index contributed by atoms with van der Waals surface area (Å²) < 4.78 is 14.9. The molecule has 3 heterocycles. The van der Waals surface area contributed by atoms with Crippen molar-refractivity contribution in [2.45, 2.75) is 18.3 Å². The van der Waals surface area contributed by atoms with Gasteiger partial charge in [-0.1, -0.05) is 0 Å². The zero-order valence-corrected chi connectivity index (χ0v) is 13.8. The van der Waals surface area contributed by atoms with E-state index in [2.05, 4.69) is 19.9 Å². The second kappa shape index (κ2) is 8.65. The number of nitrogens with two attached hydrogens (primary N) is 1. The summed E-state index contributed by atoms with van der Waals surface area (Å²) in [6.45, 7) is -0.0504. The molecule has 0 aromatic carbocycles. The van der Waals surface area contributed by atoms with Crippen molar-refractivity contribution in [2.75, 3.05) is 26.1 Å². The smallest absolute Gasteiger partial charge is 0.276 e. The highest BCUT2D eigenvalue weighted by Crippen LogP contribution is 2.45. The quantitative estimate of drug-likeness (QED) is 0.556. The number of fused-ring (bicyclic) bond motifs is 1. The molecule has 2 aromatic rings. The molecular formula is C11H17ClN5O5P. The first-order valence-electron chi connectivity index (χ1n) is 6.53. The van der Waals surface area contributed by atoms with Crippen LogP contribution >= 0.6 is 19.0 Å². The number of hydrogen-bond acceptors (Lipinski definition) is 9. The first kappa shape index (κ1) is 18.2. The van der Waals surface area contributed by atoms with Crippen molar-refractivity contribution in [3.05, 3.63) is 12.7 Å². The summed E-state index contributed by atoms with van der Waals surface area (Å²) in [6, 6.07) is 0. The van der Waals surface area contributed by atoms with Gasteiger partial charge >= 0.3 is 0 Å². The van der Waals surface area contributed by atoms with Crippen LogP contribution in [0.4, 0.5) is 5.82 Å². The van der Waals surface area contributed by atoms with Gasteiger partial charge in [0.15, 0.2) is 11.5 Å². The summed E-state index contributed by atoms with van der Waals surface area (Å²) in [7, 11) is -0.116. The number of halogens is 1. The number of hydrogen-bond donors (Lipinski definition) is 4. The number of nitrogens with one attached hydrogen (secondary N) is 1. The van der Waals surface area contributed by atoms with E-state index in [1.807, 2.05) is 0 Å². The van der Waals surface area contributed by atoms with Gasteiger partial charge in [-0.2, -0.15) is 0 Å². The number of nitrogen functional groups attached to an aromatic ring is 1. The minimum atomic E-state index is -1.53. The molecule has 0 radical (unpaired) electrons. The van der Waals surface area contributed by atoms with Gasteiger partial charge < -0.3 is 34.7 Å². The van der Waals surface area contributed by atoms with E-state index in [1.165, 1.54) is 19.8 Å². The van der Waals surface area contributed by atoms with E-state index in [4.69, 9.17) is 35.9 Å². The molecule has 0 spiro atoms. The Morgan fingerprint density at radius 2 is 2.30 bits per heavy atom. The second-order valence-corrected chi connectivity index (χ2v) is 6.28. The lowest BCUT2D eigenvalue weighted by Gasteiger charge is -2.20. The first-order valence-corrected chi connectivity index (χ1v) is 8.62. The average molecular weight is 366 g/mol. The molecule has 1 unspecified atom stereocenters. The molecule has 0 amide bonds. The first-order chi connectivity index (χ1) is 11.1. The molecule has 128 valence electrons. The Balaban J connectivity index is 0.000000172. The van der Waals surface area contributed by atoms with Crippen molar-refractivity contribution in [3.63, 3.8) is 0 Å². The summed E-state index contributed by atoms with van der Waals surface area (Å²) in [5.41, 5.74) is 6.78. The van der Waals surface area contributed by atoms with E-state index >= 15 is 0 Å². The van der Waals surface area contributed by atoms with Crippen LogP contribution in [0.15, 0.2) is 12.7 Å². The van der Waals surface area contributed by atoms with Crippen LogP contribution in [0.3, 0.4) is 0 Å². The van der Waals surface area contributed by atoms with E-state index in [0.717, 1.165) is 0 Å². The number of anilines is 1. The summed E-state index contributed by atoms with van der Waals surface area (Å²) in [5.74, 6) is 0.433. The number of aromatic nitrogens is 4. The standard InChI is InChI=1S/C6H12ClO5P.C5H5N5/c1-10-13(7)12-6-4(9)3-11-5(6)2-8;6-4-3-5(9-1-7-3)10-2-8-4/h4-6,8-9H,2-3H2,1H3;1-2H,(H3,6,7,8,9,10)/t4-,5+,6-,13?;/m0./s1. The van der Waals surface area contributed by atoms with Gasteiger partial charge in [-0.25, -0.2) is 15.0 Å². The molecule has 0 aliphatic carbocycles. The number of rotatable bonds is 4. The molecule has 1 aliphatic rings. The number of ether oxygens (including phenoxy) is 1. The Bertz CT molecular complexity index is 619. The van der Waals surface area contributed by atoms with Crippen molar-refractivity contribution in [1.82, 2.24) is 19.9 Å². The van der Waals surface area contributed by atoms with E-state index in [0.29, 0.717) is 17.0 Å². The number of nitrogens with zero attached hydrogens (tertiary/aromatic N) is 3. The van der Waals surface area contributed by atoms with Gasteiger partial charge in [0, 0.05) is 7.11 Å². The highest BCUT2D eigenvalue weighted by Gasteiger charge is 2.38. The molecule has 2 aromatic heterocycles. The molecule has 0 saturated carbocycles. The Labute approximate surface area is 137 Å². The topological polar surface area (TPSA) is 149 Å². The summed E-state index contributed by atoms with van der Waals surface area (Å²) in [5, 5.41) is 18.2. The Kier molecular flexibility index (Phi) is 6.85. The predicted octanol–water partition coefficient (Wildman–Crippen LogP) is 0.171. The molecule has 1 aliphatic heterocycles. The molecule has 12 heteroatoms. The lowest BCUT2D eigenvalue weighted by molar-refractivity contribution is 0.00801. The van der Waals surface area contributed by atoms with Gasteiger partial charge in [-0.3, -0.25) is 0 Å². The zero-order chi connectivity index (χ0) is 16.8. The molecule has 5 N–H and O–H groups in total. The molecule has 10 nitrogen and oxygen atoms in total. The van der Waals surface area contributed by atoms with E-state index in [-0.39, 0.29) is 13.2 Å². The molecular weight excluding hydrogens is 349 g/mol. The Hall–Kier alpha value is -1.13. The van der Waals surface area contributed by atoms with Crippen molar-refractivity contribution in [2.24, 2.45) is 0 Å². The van der Waals surface area contributed by atoms with Gasteiger partial charge in [0.1, 0.15) is 30.2 Å². The lowest BCUT2D eigenvalue weighted by Crippen LogP contribution is -2.33. The zero-order valence-electron chi connectivity index (χ0n) is 12.2. The largest absolute Gasteiger partial charge is 0.394 e. The molecule has 4 atom stereocenters. The van der Waals surface area contributed by atoms with Crippen LogP contribution in [-0.4, -0.2) is 68.8 Å². The molecule has 23 heavy (non-hydrogen) atoms. The molecule has 1 fully saturated rings. The van der Waals surface area contributed by atoms with Gasteiger partial charge in [-0.15, -0.1) is 0 Å². The minimum Gasteiger partial charge on any atom is -0.394 e. The summed E-state index contributed by atoms with van der Waals surface area (Å²) in [4.78, 5) is 14.4. The normalized spacial score (nSPS) is 25.1. The number of aliphatic hydroxyl groups is 2. The van der Waals surface area contributed by atoms with Crippen molar-refractivity contribution in [1.29, 1.82) is 0 Å². The van der Waals surface area contributed by atoms with Gasteiger partial charge in [0.05, 0.1) is 19.5 Å². The van der Waals surface area contributed by atoms with Crippen molar-refractivity contribution in [3.8, 4) is 0 Å². The maximum absolute atomic E-state index is 9.37. The van der Waals surface area contributed by atoms with Crippen LogP contribution in [0.1, 0.15) is 0 Å². The van der Waals surface area contributed by atoms with Crippen LogP contribution in [0.5, 0.6) is 0 Å². The van der Waals surface area contributed by atoms with Crippen LogP contribution in [0.25, 0.3) is 11.2 Å². The van der Waals surface area contributed by atoms with Crippen LogP contribution < -0.4 is 5.73 Å². The van der Waals surface area contributed by atoms with Crippen LogP contribution in [-0.2, 0) is 13.8 Å². The Morgan fingerprint density at radius 3 is 2.96 bits per heavy atom.